The Kier molecular flexibility index (Phi) is 7.12. The lowest BCUT2D eigenvalue weighted by atomic mass is 9.99. The highest BCUT2D eigenvalue weighted by molar-refractivity contribution is 6.29. The zero-order chi connectivity index (χ0) is 28.7. The molecule has 0 aliphatic carbocycles. The van der Waals surface area contributed by atoms with E-state index in [0.717, 1.165) is 11.3 Å². The van der Waals surface area contributed by atoms with Crippen LogP contribution in [0.3, 0.4) is 0 Å². The summed E-state index contributed by atoms with van der Waals surface area (Å²) in [5.74, 6) is 0.727. The van der Waals surface area contributed by atoms with Gasteiger partial charge in [0.1, 0.15) is 34.1 Å². The first-order valence-electron chi connectivity index (χ1n) is 12.4. The van der Waals surface area contributed by atoms with Gasteiger partial charge >= 0.3 is 5.76 Å². The smallest absolute Gasteiger partial charge is 0.439 e. The van der Waals surface area contributed by atoms with E-state index in [1.54, 1.807) is 32.2 Å². The quantitative estimate of drug-likeness (QED) is 0.249. The van der Waals surface area contributed by atoms with Crippen LogP contribution in [0.2, 0.25) is 5.15 Å². The van der Waals surface area contributed by atoms with Crippen LogP contribution < -0.4 is 25.6 Å². The molecule has 0 bridgehead atoms. The molecule has 5 rings (SSSR count). The molecule has 10 nitrogen and oxygen atoms in total. The number of H-pyrrole nitrogens is 1. The Balaban J connectivity index is 1.64. The number of aromatic amines is 1. The van der Waals surface area contributed by atoms with Gasteiger partial charge in [0.05, 0.1) is 18.2 Å². The van der Waals surface area contributed by atoms with Crippen molar-refractivity contribution in [1.82, 2.24) is 15.1 Å². The maximum atomic E-state index is 13.6. The Hall–Kier alpha value is -4.57. The van der Waals surface area contributed by atoms with Crippen LogP contribution in [-0.2, 0) is 0 Å². The fourth-order valence-electron chi connectivity index (χ4n) is 4.61. The molecule has 0 radical (unpaired) electrons. The first kappa shape index (κ1) is 27.0. The Morgan fingerprint density at radius 1 is 1.05 bits per heavy atom. The number of pyridine rings is 1. The standard InChI is InChI=1S/C29H27ClN4O6/c1-14-11-18(16(3)38-21-9-10-23(30)31-24(21)28-32-29(36)40-33-28)27-19(12-14)25(35)15(2)26(39-27)17-7-8-20(34(4)5)22(13-17)37-6/h7-13,16H,1-6H3,(H,32,33,36). The fraction of sp³-hybridized carbons (Fsp3) is 0.241. The van der Waals surface area contributed by atoms with E-state index in [1.165, 1.54) is 0 Å². The van der Waals surface area contributed by atoms with Crippen LogP contribution in [0.25, 0.3) is 33.8 Å². The summed E-state index contributed by atoms with van der Waals surface area (Å²) in [6.45, 7) is 5.48. The molecule has 1 N–H and O–H groups in total. The lowest BCUT2D eigenvalue weighted by Gasteiger charge is -2.20. The van der Waals surface area contributed by atoms with Crippen molar-refractivity contribution in [2.45, 2.75) is 26.9 Å². The Labute approximate surface area is 234 Å². The van der Waals surface area contributed by atoms with Crippen LogP contribution in [0, 0.1) is 13.8 Å². The number of benzene rings is 2. The first-order chi connectivity index (χ1) is 19.1. The average molecular weight is 563 g/mol. The van der Waals surface area contributed by atoms with Gasteiger partial charge in [0.2, 0.25) is 5.82 Å². The predicted molar refractivity (Wildman–Crippen MR) is 153 cm³/mol. The number of nitrogens with zero attached hydrogens (tertiary/aromatic N) is 3. The molecule has 1 atom stereocenters. The summed E-state index contributed by atoms with van der Waals surface area (Å²) >= 11 is 6.10. The highest BCUT2D eigenvalue weighted by Gasteiger charge is 2.23. The van der Waals surface area contributed by atoms with Crippen LogP contribution in [0.15, 0.2) is 61.0 Å². The minimum Gasteiger partial charge on any atom is -0.495 e. The number of nitrogens with one attached hydrogen (secondary N) is 1. The van der Waals surface area contributed by atoms with Crippen LogP contribution in [-0.4, -0.2) is 36.3 Å². The SMILES string of the molecule is COc1cc(-c2oc3c(C(C)Oc4ccc(Cl)nc4-c4noc(=O)[nH]4)cc(C)cc3c(=O)c2C)ccc1N(C)C. The van der Waals surface area contributed by atoms with E-state index in [9.17, 15) is 9.59 Å². The second kappa shape index (κ2) is 10.5. The van der Waals surface area contributed by atoms with Crippen molar-refractivity contribution in [2.24, 2.45) is 0 Å². The van der Waals surface area contributed by atoms with Crippen LogP contribution >= 0.6 is 11.6 Å². The number of fused-ring (bicyclic) bond motifs is 1. The van der Waals surface area contributed by atoms with Crippen molar-refractivity contribution in [3.05, 3.63) is 85.1 Å². The second-order valence-corrected chi connectivity index (χ2v) is 9.97. The molecular weight excluding hydrogens is 536 g/mol. The van der Waals surface area contributed by atoms with Crippen molar-refractivity contribution in [1.29, 1.82) is 0 Å². The number of rotatable bonds is 7. The molecule has 0 aliphatic rings. The normalized spacial score (nSPS) is 12.0. The topological polar surface area (TPSA) is 124 Å². The predicted octanol–water partition coefficient (Wildman–Crippen LogP) is 5.68. The molecule has 0 aliphatic heterocycles. The van der Waals surface area contributed by atoms with Crippen LogP contribution in [0.4, 0.5) is 5.69 Å². The number of methoxy groups -OCH3 is 1. The minimum atomic E-state index is -0.736. The van der Waals surface area contributed by atoms with Crippen molar-refractivity contribution >= 4 is 28.3 Å². The first-order valence-corrected chi connectivity index (χ1v) is 12.8. The van der Waals surface area contributed by atoms with Crippen molar-refractivity contribution in [2.75, 3.05) is 26.1 Å². The molecule has 5 aromatic rings. The maximum absolute atomic E-state index is 13.6. The molecule has 3 aromatic heterocycles. The Bertz CT molecular complexity index is 1860. The Morgan fingerprint density at radius 3 is 2.50 bits per heavy atom. The molecule has 2 aromatic carbocycles. The van der Waals surface area contributed by atoms with E-state index in [2.05, 4.69) is 19.6 Å². The van der Waals surface area contributed by atoms with E-state index in [1.807, 2.05) is 57.1 Å². The van der Waals surface area contributed by atoms with Crippen molar-refractivity contribution in [3.8, 4) is 34.3 Å². The number of aromatic nitrogens is 3. The zero-order valence-corrected chi connectivity index (χ0v) is 23.5. The van der Waals surface area contributed by atoms with E-state index in [-0.39, 0.29) is 22.1 Å². The molecule has 3 heterocycles. The van der Waals surface area contributed by atoms with Gasteiger partial charge in [0.15, 0.2) is 11.1 Å². The number of aryl methyl sites for hydroxylation is 1. The van der Waals surface area contributed by atoms with Crippen molar-refractivity contribution in [3.63, 3.8) is 0 Å². The molecule has 11 heteroatoms. The minimum absolute atomic E-state index is 0.0726. The van der Waals surface area contributed by atoms with Gasteiger partial charge in [-0.15, -0.1) is 0 Å². The van der Waals surface area contributed by atoms with E-state index in [0.29, 0.717) is 44.9 Å². The third-order valence-electron chi connectivity index (χ3n) is 6.55. The van der Waals surface area contributed by atoms with Crippen molar-refractivity contribution < 1.29 is 18.4 Å². The van der Waals surface area contributed by atoms with Gasteiger partial charge in [-0.3, -0.25) is 14.3 Å². The lowest BCUT2D eigenvalue weighted by Crippen LogP contribution is -2.12. The monoisotopic (exact) mass is 562 g/mol. The van der Waals surface area contributed by atoms with Gasteiger partial charge < -0.3 is 18.8 Å². The molecule has 0 spiro atoms. The molecule has 1 unspecified atom stereocenters. The van der Waals surface area contributed by atoms with Gasteiger partial charge in [-0.2, -0.15) is 0 Å². The maximum Gasteiger partial charge on any atom is 0.439 e. The molecular formula is C29H27ClN4O6. The lowest BCUT2D eigenvalue weighted by molar-refractivity contribution is 0.227. The summed E-state index contributed by atoms with van der Waals surface area (Å²) in [6.07, 6.45) is -0.605. The highest BCUT2D eigenvalue weighted by Crippen LogP contribution is 2.37. The van der Waals surface area contributed by atoms with Crippen LogP contribution in [0.5, 0.6) is 11.5 Å². The summed E-state index contributed by atoms with van der Waals surface area (Å²) in [7, 11) is 5.46. The summed E-state index contributed by atoms with van der Waals surface area (Å²) < 4.78 is 23.0. The number of ether oxygens (including phenoxy) is 2. The van der Waals surface area contributed by atoms with Crippen LogP contribution in [0.1, 0.15) is 29.7 Å². The molecule has 0 amide bonds. The number of anilines is 1. The average Bonchev–Trinajstić information content (AvgIpc) is 3.37. The number of halogens is 1. The molecule has 0 fully saturated rings. The molecule has 206 valence electrons. The summed E-state index contributed by atoms with van der Waals surface area (Å²) in [6, 6.07) is 12.6. The largest absolute Gasteiger partial charge is 0.495 e. The van der Waals surface area contributed by atoms with Gasteiger partial charge in [0.25, 0.3) is 0 Å². The summed E-state index contributed by atoms with van der Waals surface area (Å²) in [4.78, 5) is 33.8. The number of hydrogen-bond acceptors (Lipinski definition) is 9. The fourth-order valence-corrected chi connectivity index (χ4v) is 4.75. The third-order valence-corrected chi connectivity index (χ3v) is 6.76. The van der Waals surface area contributed by atoms with Gasteiger partial charge in [0, 0.05) is 30.8 Å². The third kappa shape index (κ3) is 4.93. The molecule has 0 saturated carbocycles. The Morgan fingerprint density at radius 2 is 1.82 bits per heavy atom. The summed E-state index contributed by atoms with van der Waals surface area (Å²) in [5, 5.41) is 4.34. The van der Waals surface area contributed by atoms with E-state index < -0.39 is 11.9 Å². The van der Waals surface area contributed by atoms with E-state index >= 15 is 0 Å². The molecule has 40 heavy (non-hydrogen) atoms. The van der Waals surface area contributed by atoms with Gasteiger partial charge in [-0.1, -0.05) is 16.8 Å². The van der Waals surface area contributed by atoms with E-state index in [4.69, 9.17) is 25.5 Å². The second-order valence-electron chi connectivity index (χ2n) is 9.58. The number of hydrogen-bond donors (Lipinski definition) is 1. The summed E-state index contributed by atoms with van der Waals surface area (Å²) in [5.41, 5.74) is 4.06. The molecule has 0 saturated heterocycles. The highest BCUT2D eigenvalue weighted by atomic mass is 35.5. The van der Waals surface area contributed by atoms with Gasteiger partial charge in [-0.05, 0) is 68.8 Å². The zero-order valence-electron chi connectivity index (χ0n) is 22.8. The van der Waals surface area contributed by atoms with Gasteiger partial charge in [-0.25, -0.2) is 9.78 Å².